The molecule has 0 bridgehead atoms. The summed E-state index contributed by atoms with van der Waals surface area (Å²) in [6.07, 6.45) is -0.787. The van der Waals surface area contributed by atoms with Gasteiger partial charge >= 0.3 is 0 Å². The Morgan fingerprint density at radius 1 is 1.00 bits per heavy atom. The van der Waals surface area contributed by atoms with Crippen LogP contribution in [-0.2, 0) is 9.47 Å². The van der Waals surface area contributed by atoms with Gasteiger partial charge in [-0.15, -0.1) is 0 Å². The molecule has 10 heteroatoms. The van der Waals surface area contributed by atoms with Crippen LogP contribution in [0.25, 0.3) is 0 Å². The van der Waals surface area contributed by atoms with Gasteiger partial charge in [0.05, 0.1) is 31.0 Å². The van der Waals surface area contributed by atoms with Gasteiger partial charge in [0.1, 0.15) is 24.4 Å². The van der Waals surface area contributed by atoms with E-state index in [0.717, 1.165) is 19.3 Å². The molecule has 0 spiro atoms. The molecule has 5 rings (SSSR count). The third kappa shape index (κ3) is 5.88. The predicted octanol–water partition coefficient (Wildman–Crippen LogP) is 1.10. The summed E-state index contributed by atoms with van der Waals surface area (Å²) < 4.78 is 11.7. The van der Waals surface area contributed by atoms with Crippen LogP contribution >= 0.6 is 0 Å². The molecule has 0 amide bonds. The van der Waals surface area contributed by atoms with Crippen LogP contribution in [-0.4, -0.2) is 109 Å². The number of ether oxygens (including phenoxy) is 2. The molecule has 248 valence electrons. The maximum Gasteiger partial charge on any atom is 0.186 e. The normalized spacial score (nSPS) is 50.2. The topological polar surface area (TPSA) is 180 Å². The summed E-state index contributed by atoms with van der Waals surface area (Å²) in [4.78, 5) is 0. The van der Waals surface area contributed by atoms with E-state index in [9.17, 15) is 40.9 Å². The molecule has 1 heterocycles. The van der Waals surface area contributed by atoms with Crippen LogP contribution in [0.3, 0.4) is 0 Å². The lowest BCUT2D eigenvalue weighted by Gasteiger charge is -2.60. The molecule has 17 unspecified atom stereocenters. The zero-order valence-corrected chi connectivity index (χ0v) is 26.2. The monoisotopic (exact) mass is 612 g/mol. The van der Waals surface area contributed by atoms with E-state index in [0.29, 0.717) is 32.1 Å². The Hall–Kier alpha value is -0.660. The molecule has 10 nitrogen and oxygen atoms in total. The highest BCUT2D eigenvalue weighted by molar-refractivity contribution is 5.27. The number of hydrogen-bond acceptors (Lipinski definition) is 10. The van der Waals surface area contributed by atoms with Crippen molar-refractivity contribution in [2.45, 2.75) is 134 Å². The van der Waals surface area contributed by atoms with Gasteiger partial charge in [-0.05, 0) is 97.7 Å². The van der Waals surface area contributed by atoms with Gasteiger partial charge in [0, 0.05) is 6.61 Å². The Bertz CT molecular complexity index is 991. The largest absolute Gasteiger partial charge is 0.396 e. The third-order valence-corrected chi connectivity index (χ3v) is 12.7. The minimum absolute atomic E-state index is 0.0374. The van der Waals surface area contributed by atoms with Crippen molar-refractivity contribution in [1.29, 1.82) is 0 Å². The van der Waals surface area contributed by atoms with Crippen molar-refractivity contribution in [3.63, 3.8) is 0 Å². The molecule has 0 aromatic carbocycles. The Balaban J connectivity index is 1.30. The fourth-order valence-electron chi connectivity index (χ4n) is 10.3. The number of rotatable bonds is 9. The smallest absolute Gasteiger partial charge is 0.186 e. The summed E-state index contributed by atoms with van der Waals surface area (Å²) in [5, 5.41) is 84.1. The minimum atomic E-state index is -1.48. The van der Waals surface area contributed by atoms with Crippen LogP contribution in [0.1, 0.15) is 79.1 Å². The number of hydrogen-bond donors (Lipinski definition) is 8. The zero-order valence-electron chi connectivity index (χ0n) is 26.2. The summed E-state index contributed by atoms with van der Waals surface area (Å²) in [5.41, 5.74) is 0.677. The van der Waals surface area contributed by atoms with Gasteiger partial charge in [-0.3, -0.25) is 0 Å². The molecule has 4 fully saturated rings. The molecule has 8 N–H and O–H groups in total. The first-order valence-electron chi connectivity index (χ1n) is 16.6. The third-order valence-electron chi connectivity index (χ3n) is 12.7. The Morgan fingerprint density at radius 3 is 2.40 bits per heavy atom. The standard InChI is InChI=1S/C33H56O10/c1-16(14-34)5-8-22(36)17(2)26-23(37)12-21-20-7-6-18-11-19(42-31-30(41)29(40)28(39)25(15-35)43-31)9-10-32(18,3)27(20)24(38)13-33(21,26)4/h6,16-17,19-31,34-41H,5,7-15H2,1-4H3. The van der Waals surface area contributed by atoms with E-state index in [1.54, 1.807) is 0 Å². The van der Waals surface area contributed by atoms with Crippen LogP contribution in [0.15, 0.2) is 11.6 Å². The van der Waals surface area contributed by atoms with Gasteiger partial charge < -0.3 is 50.3 Å². The second kappa shape index (κ2) is 12.9. The highest BCUT2D eigenvalue weighted by atomic mass is 16.7. The maximum atomic E-state index is 11.9. The van der Waals surface area contributed by atoms with Gasteiger partial charge in [-0.25, -0.2) is 0 Å². The Morgan fingerprint density at radius 2 is 1.72 bits per heavy atom. The van der Waals surface area contributed by atoms with Crippen molar-refractivity contribution in [2.75, 3.05) is 13.2 Å². The minimum Gasteiger partial charge on any atom is -0.396 e. The molecule has 1 saturated heterocycles. The zero-order chi connectivity index (χ0) is 31.4. The molecule has 1 aliphatic heterocycles. The van der Waals surface area contributed by atoms with Crippen LogP contribution in [0, 0.1) is 46.3 Å². The maximum absolute atomic E-state index is 11.9. The molecule has 43 heavy (non-hydrogen) atoms. The lowest BCUT2D eigenvalue weighted by atomic mass is 9.46. The summed E-state index contributed by atoms with van der Waals surface area (Å²) in [5.74, 6) is 0.356. The second-order valence-corrected chi connectivity index (χ2v) is 15.3. The summed E-state index contributed by atoms with van der Waals surface area (Å²) >= 11 is 0. The highest BCUT2D eigenvalue weighted by Gasteiger charge is 2.64. The van der Waals surface area contributed by atoms with E-state index < -0.39 is 55.6 Å². The average molecular weight is 613 g/mol. The molecular formula is C33H56O10. The van der Waals surface area contributed by atoms with Gasteiger partial charge in [-0.1, -0.05) is 39.3 Å². The Kier molecular flexibility index (Phi) is 10.1. The van der Waals surface area contributed by atoms with Gasteiger partial charge in [0.25, 0.3) is 0 Å². The van der Waals surface area contributed by atoms with Crippen LogP contribution in [0.5, 0.6) is 0 Å². The Labute approximate surface area is 255 Å². The van der Waals surface area contributed by atoms with E-state index in [-0.39, 0.29) is 59.0 Å². The van der Waals surface area contributed by atoms with Gasteiger partial charge in [0.15, 0.2) is 6.29 Å². The summed E-state index contributed by atoms with van der Waals surface area (Å²) in [6, 6.07) is 0. The van der Waals surface area contributed by atoms with Crippen molar-refractivity contribution in [1.82, 2.24) is 0 Å². The number of aliphatic hydroxyl groups is 8. The lowest BCUT2D eigenvalue weighted by Crippen LogP contribution is -2.60. The van der Waals surface area contributed by atoms with Crippen LogP contribution in [0.2, 0.25) is 0 Å². The fraction of sp³-hybridized carbons (Fsp3) is 0.939. The van der Waals surface area contributed by atoms with E-state index in [2.05, 4.69) is 19.9 Å². The number of fused-ring (bicyclic) bond motifs is 5. The molecule has 0 radical (unpaired) electrons. The number of aliphatic hydroxyl groups excluding tert-OH is 8. The van der Waals surface area contributed by atoms with Crippen molar-refractivity contribution in [3.8, 4) is 0 Å². The highest BCUT2D eigenvalue weighted by Crippen LogP contribution is 2.67. The van der Waals surface area contributed by atoms with E-state index in [1.807, 2.05) is 13.8 Å². The van der Waals surface area contributed by atoms with Crippen LogP contribution in [0.4, 0.5) is 0 Å². The average Bonchev–Trinajstić information content (AvgIpc) is 3.24. The molecule has 5 aliphatic rings. The van der Waals surface area contributed by atoms with Crippen molar-refractivity contribution < 1.29 is 50.3 Å². The lowest BCUT2D eigenvalue weighted by molar-refractivity contribution is -0.313. The van der Waals surface area contributed by atoms with E-state index in [4.69, 9.17) is 9.47 Å². The van der Waals surface area contributed by atoms with Gasteiger partial charge in [0.2, 0.25) is 0 Å². The first-order chi connectivity index (χ1) is 20.3. The predicted molar refractivity (Wildman–Crippen MR) is 157 cm³/mol. The van der Waals surface area contributed by atoms with E-state index >= 15 is 0 Å². The van der Waals surface area contributed by atoms with Gasteiger partial charge in [-0.2, -0.15) is 0 Å². The van der Waals surface area contributed by atoms with E-state index in [1.165, 1.54) is 5.57 Å². The first-order valence-corrected chi connectivity index (χ1v) is 16.6. The molecule has 3 saturated carbocycles. The molecule has 0 aromatic rings. The van der Waals surface area contributed by atoms with Crippen molar-refractivity contribution >= 4 is 0 Å². The first kappa shape index (κ1) is 33.7. The quantitative estimate of drug-likeness (QED) is 0.176. The molecular weight excluding hydrogens is 556 g/mol. The summed E-state index contributed by atoms with van der Waals surface area (Å²) in [7, 11) is 0. The number of allylic oxidation sites excluding steroid dienone is 1. The van der Waals surface area contributed by atoms with Crippen molar-refractivity contribution in [2.24, 2.45) is 46.3 Å². The summed E-state index contributed by atoms with van der Waals surface area (Å²) in [6.45, 7) is 8.04. The molecule has 4 aliphatic carbocycles. The molecule has 0 aromatic heterocycles. The molecule has 17 atom stereocenters. The SMILES string of the molecule is CC(CO)CCC(O)C(C)C1C(O)CC2C3CC=C4CC(OC5OC(CO)C(O)C(O)C5O)CCC4(C)C3C(O)CC21C. The fourth-order valence-corrected chi connectivity index (χ4v) is 10.3. The second-order valence-electron chi connectivity index (χ2n) is 15.3. The van der Waals surface area contributed by atoms with Crippen LogP contribution < -0.4 is 0 Å². The van der Waals surface area contributed by atoms with Crippen molar-refractivity contribution in [3.05, 3.63) is 11.6 Å².